The van der Waals surface area contributed by atoms with E-state index in [1.54, 1.807) is 17.7 Å². The van der Waals surface area contributed by atoms with Crippen LogP contribution in [-0.2, 0) is 18.3 Å². The van der Waals surface area contributed by atoms with Crippen molar-refractivity contribution in [2.75, 3.05) is 33.2 Å². The third kappa shape index (κ3) is 6.60. The first-order valence-electron chi connectivity index (χ1n) is 12.9. The highest BCUT2D eigenvalue weighted by Gasteiger charge is 2.31. The minimum atomic E-state index is -0.0884. The van der Waals surface area contributed by atoms with E-state index in [4.69, 9.17) is 4.98 Å². The van der Waals surface area contributed by atoms with E-state index < -0.39 is 0 Å². The Balaban J connectivity index is 1.43. The highest BCUT2D eigenvalue weighted by molar-refractivity contribution is 6.14. The van der Waals surface area contributed by atoms with Crippen LogP contribution in [-0.4, -0.2) is 70.4 Å². The molecule has 9 heteroatoms. The Morgan fingerprint density at radius 2 is 2.03 bits per heavy atom. The molecule has 1 aromatic heterocycles. The summed E-state index contributed by atoms with van der Waals surface area (Å²) >= 11 is 0. The maximum Gasteiger partial charge on any atom is 0.253 e. The SMILES string of the molecule is C=C(CCN(C)CCNC=O)N1CCCC1c1nc(C2=NN=C(Cc3ccc(C)cc3)C2)cc(=O)n1C. The number of aromatic nitrogens is 2. The van der Waals surface area contributed by atoms with Gasteiger partial charge >= 0.3 is 0 Å². The molecule has 1 amide bonds. The largest absolute Gasteiger partial charge is 0.365 e. The highest BCUT2D eigenvalue weighted by Crippen LogP contribution is 2.34. The van der Waals surface area contributed by atoms with Crippen LogP contribution in [0, 0.1) is 6.92 Å². The second-order valence-electron chi connectivity index (χ2n) is 9.99. The minimum Gasteiger partial charge on any atom is -0.365 e. The van der Waals surface area contributed by atoms with Gasteiger partial charge in [0.2, 0.25) is 6.41 Å². The lowest BCUT2D eigenvalue weighted by Gasteiger charge is -2.30. The number of benzene rings is 1. The van der Waals surface area contributed by atoms with Gasteiger partial charge < -0.3 is 15.1 Å². The Kier molecular flexibility index (Phi) is 8.66. The lowest BCUT2D eigenvalue weighted by Crippen LogP contribution is -2.33. The van der Waals surface area contributed by atoms with Gasteiger partial charge in [-0.15, -0.1) is 0 Å². The molecule has 196 valence electrons. The molecule has 3 heterocycles. The molecule has 1 atom stereocenters. The lowest BCUT2D eigenvalue weighted by molar-refractivity contribution is -0.109. The molecule has 1 aromatic carbocycles. The number of amides is 1. The van der Waals surface area contributed by atoms with E-state index in [2.05, 4.69) is 63.1 Å². The van der Waals surface area contributed by atoms with Gasteiger partial charge in [0.15, 0.2) is 0 Å². The van der Waals surface area contributed by atoms with Gasteiger partial charge in [-0.25, -0.2) is 4.98 Å². The summed E-state index contributed by atoms with van der Waals surface area (Å²) in [6.07, 6.45) is 4.81. The molecular formula is C28H37N7O2. The summed E-state index contributed by atoms with van der Waals surface area (Å²) in [6.45, 7) is 9.57. The topological polar surface area (TPSA) is 95.2 Å². The third-order valence-electron chi connectivity index (χ3n) is 7.14. The zero-order valence-corrected chi connectivity index (χ0v) is 22.1. The number of likely N-dealkylation sites (tertiary alicyclic amines) is 1. The van der Waals surface area contributed by atoms with Crippen LogP contribution in [0.25, 0.3) is 0 Å². The molecule has 0 aliphatic carbocycles. The number of carbonyl (C=O) groups is 1. The van der Waals surface area contributed by atoms with Crippen molar-refractivity contribution >= 4 is 17.8 Å². The summed E-state index contributed by atoms with van der Waals surface area (Å²) in [5.74, 6) is 0.749. The van der Waals surface area contributed by atoms with Gasteiger partial charge in [0.05, 0.1) is 23.2 Å². The van der Waals surface area contributed by atoms with Crippen LogP contribution in [0.3, 0.4) is 0 Å². The fourth-order valence-electron chi connectivity index (χ4n) is 4.88. The standard InChI is InChI=1S/C28H37N7O2/c1-20-7-9-22(10-8-20)16-23-17-25(32-31-23)24-18-27(37)34(4)28(30-24)26-6-5-13-35(26)21(2)11-14-33(3)15-12-29-19-36/h7-10,18-19,26H,2,5-6,11-17H2,1,3-4H3,(H,29,36). The Morgan fingerprint density at radius 3 is 2.78 bits per heavy atom. The van der Waals surface area contributed by atoms with Crippen molar-refractivity contribution in [1.29, 1.82) is 0 Å². The normalized spacial score (nSPS) is 17.2. The zero-order chi connectivity index (χ0) is 26.4. The van der Waals surface area contributed by atoms with Crippen molar-refractivity contribution in [2.45, 2.75) is 45.1 Å². The van der Waals surface area contributed by atoms with Gasteiger partial charge in [0.25, 0.3) is 5.56 Å². The fraction of sp³-hybridized carbons (Fsp3) is 0.464. The van der Waals surface area contributed by atoms with E-state index in [9.17, 15) is 9.59 Å². The molecule has 1 saturated heterocycles. The summed E-state index contributed by atoms with van der Waals surface area (Å²) in [5.41, 5.74) is 5.72. The van der Waals surface area contributed by atoms with Crippen LogP contribution in [0.15, 0.2) is 57.6 Å². The molecule has 1 N–H and O–H groups in total. The Bertz CT molecular complexity index is 1250. The maximum absolute atomic E-state index is 12.9. The van der Waals surface area contributed by atoms with E-state index in [-0.39, 0.29) is 11.6 Å². The van der Waals surface area contributed by atoms with E-state index in [1.165, 1.54) is 11.1 Å². The molecule has 9 nitrogen and oxygen atoms in total. The molecule has 0 radical (unpaired) electrons. The number of rotatable bonds is 12. The lowest BCUT2D eigenvalue weighted by atomic mass is 10.0. The van der Waals surface area contributed by atoms with E-state index in [1.807, 2.05) is 7.05 Å². The monoisotopic (exact) mass is 503 g/mol. The number of hydrogen-bond donors (Lipinski definition) is 1. The number of nitrogens with one attached hydrogen (secondary N) is 1. The average Bonchev–Trinajstić information content (AvgIpc) is 3.56. The fourth-order valence-corrected chi connectivity index (χ4v) is 4.88. The molecule has 0 spiro atoms. The number of carbonyl (C=O) groups excluding carboxylic acids is 1. The van der Waals surface area contributed by atoms with Crippen LogP contribution < -0.4 is 10.9 Å². The minimum absolute atomic E-state index is 0.00198. The summed E-state index contributed by atoms with van der Waals surface area (Å²) in [5, 5.41) is 11.5. The van der Waals surface area contributed by atoms with Crippen molar-refractivity contribution in [3.05, 3.63) is 75.6 Å². The predicted molar refractivity (Wildman–Crippen MR) is 147 cm³/mol. The van der Waals surface area contributed by atoms with Crippen molar-refractivity contribution in [2.24, 2.45) is 17.3 Å². The van der Waals surface area contributed by atoms with Crippen LogP contribution in [0.4, 0.5) is 0 Å². The van der Waals surface area contributed by atoms with Crippen LogP contribution in [0.1, 0.15) is 54.4 Å². The average molecular weight is 504 g/mol. The van der Waals surface area contributed by atoms with Gasteiger partial charge in [-0.3, -0.25) is 14.2 Å². The molecule has 4 rings (SSSR count). The second kappa shape index (κ2) is 12.1. The van der Waals surface area contributed by atoms with Gasteiger partial charge in [0.1, 0.15) is 5.82 Å². The number of aryl methyl sites for hydroxylation is 1. The van der Waals surface area contributed by atoms with E-state index in [0.717, 1.165) is 74.7 Å². The summed E-state index contributed by atoms with van der Waals surface area (Å²) in [4.78, 5) is 32.8. The number of likely N-dealkylation sites (N-methyl/N-ethyl adjacent to an activating group) is 1. The number of nitrogens with zero attached hydrogens (tertiary/aromatic N) is 6. The molecule has 1 unspecified atom stereocenters. The Labute approximate surface area is 218 Å². The first kappa shape index (κ1) is 26.5. The van der Waals surface area contributed by atoms with Crippen LogP contribution >= 0.6 is 0 Å². The zero-order valence-electron chi connectivity index (χ0n) is 22.1. The molecular weight excluding hydrogens is 466 g/mol. The third-order valence-corrected chi connectivity index (χ3v) is 7.14. The Morgan fingerprint density at radius 1 is 1.24 bits per heavy atom. The second-order valence-corrected chi connectivity index (χ2v) is 9.99. The van der Waals surface area contributed by atoms with Gasteiger partial charge in [-0.05, 0) is 38.8 Å². The van der Waals surface area contributed by atoms with Gasteiger partial charge in [-0.2, -0.15) is 10.2 Å². The summed E-state index contributed by atoms with van der Waals surface area (Å²) in [6, 6.07) is 10.0. The van der Waals surface area contributed by atoms with Crippen LogP contribution in [0.2, 0.25) is 0 Å². The molecule has 2 aromatic rings. The Hall–Kier alpha value is -3.59. The maximum atomic E-state index is 12.9. The summed E-state index contributed by atoms with van der Waals surface area (Å²) < 4.78 is 1.65. The van der Waals surface area contributed by atoms with Crippen LogP contribution in [0.5, 0.6) is 0 Å². The molecule has 2 aliphatic heterocycles. The number of hydrogen-bond acceptors (Lipinski definition) is 7. The van der Waals surface area contributed by atoms with Crippen molar-refractivity contribution < 1.29 is 4.79 Å². The molecule has 1 fully saturated rings. The van der Waals surface area contributed by atoms with E-state index in [0.29, 0.717) is 18.7 Å². The molecule has 37 heavy (non-hydrogen) atoms. The predicted octanol–water partition coefficient (Wildman–Crippen LogP) is 2.60. The molecule has 2 aliphatic rings. The van der Waals surface area contributed by atoms with Gasteiger partial charge in [0, 0.05) is 57.8 Å². The van der Waals surface area contributed by atoms with Crippen molar-refractivity contribution in [3.8, 4) is 0 Å². The highest BCUT2D eigenvalue weighted by atomic mass is 16.1. The van der Waals surface area contributed by atoms with E-state index >= 15 is 0 Å². The first-order chi connectivity index (χ1) is 17.9. The summed E-state index contributed by atoms with van der Waals surface area (Å²) in [7, 11) is 3.82. The quantitative estimate of drug-likeness (QED) is 0.355. The van der Waals surface area contributed by atoms with Crippen molar-refractivity contribution in [3.63, 3.8) is 0 Å². The molecule has 0 saturated carbocycles. The van der Waals surface area contributed by atoms with Crippen molar-refractivity contribution in [1.82, 2.24) is 24.7 Å². The smallest absolute Gasteiger partial charge is 0.253 e. The molecule has 0 bridgehead atoms. The first-order valence-corrected chi connectivity index (χ1v) is 12.9. The van der Waals surface area contributed by atoms with Gasteiger partial charge in [-0.1, -0.05) is 36.4 Å².